The van der Waals surface area contributed by atoms with E-state index >= 15 is 0 Å². The molecule has 0 aromatic carbocycles. The molecule has 1 aliphatic rings. The molecular formula is C14H26ClN3O4. The van der Waals surface area contributed by atoms with Crippen molar-refractivity contribution < 1.29 is 19.5 Å². The van der Waals surface area contributed by atoms with E-state index in [4.69, 9.17) is 5.11 Å². The van der Waals surface area contributed by atoms with Gasteiger partial charge in [0.1, 0.15) is 6.04 Å². The molecule has 0 radical (unpaired) electrons. The number of urea groups is 1. The maximum Gasteiger partial charge on any atom is 0.321 e. The third kappa shape index (κ3) is 6.62. The number of imide groups is 1. The zero-order valence-corrected chi connectivity index (χ0v) is 14.1. The van der Waals surface area contributed by atoms with Crippen molar-refractivity contribution in [1.82, 2.24) is 15.5 Å². The Morgan fingerprint density at radius 1 is 1.27 bits per heavy atom. The average molecular weight is 336 g/mol. The normalized spacial score (nSPS) is 22.4. The molecule has 0 aliphatic heterocycles. The summed E-state index contributed by atoms with van der Waals surface area (Å²) < 4.78 is 0. The summed E-state index contributed by atoms with van der Waals surface area (Å²) in [6.45, 7) is 3.44. The predicted octanol–water partition coefficient (Wildman–Crippen LogP) is 1.22. The molecule has 0 aromatic rings. The van der Waals surface area contributed by atoms with Gasteiger partial charge < -0.3 is 10.4 Å². The first-order chi connectivity index (χ1) is 9.81. The highest BCUT2D eigenvalue weighted by Gasteiger charge is 2.24. The van der Waals surface area contributed by atoms with Crippen LogP contribution in [-0.2, 0) is 9.59 Å². The van der Waals surface area contributed by atoms with Crippen LogP contribution in [-0.4, -0.2) is 53.6 Å². The molecule has 1 fully saturated rings. The minimum absolute atomic E-state index is 0. The first kappa shape index (κ1) is 20.7. The van der Waals surface area contributed by atoms with Crippen molar-refractivity contribution in [2.75, 3.05) is 13.6 Å². The van der Waals surface area contributed by atoms with Crippen LogP contribution in [0.5, 0.6) is 0 Å². The third-order valence-electron chi connectivity index (χ3n) is 4.09. The topological polar surface area (TPSA) is 98.7 Å². The molecule has 0 saturated heterocycles. The fraction of sp³-hybridized carbons (Fsp3) is 0.786. The molecule has 7 nitrogen and oxygen atoms in total. The number of likely N-dealkylation sites (N-methyl/N-ethyl adjacent to an activating group) is 1. The van der Waals surface area contributed by atoms with Crippen molar-refractivity contribution >= 4 is 30.3 Å². The van der Waals surface area contributed by atoms with Crippen LogP contribution in [0.1, 0.15) is 39.5 Å². The predicted molar refractivity (Wildman–Crippen MR) is 85.1 cm³/mol. The van der Waals surface area contributed by atoms with Gasteiger partial charge in [0.25, 0.3) is 0 Å². The van der Waals surface area contributed by atoms with Gasteiger partial charge in [0.05, 0.1) is 6.54 Å². The molecule has 8 heteroatoms. The minimum atomic E-state index is -1.01. The number of nitrogens with one attached hydrogen (secondary N) is 2. The van der Waals surface area contributed by atoms with Crippen LogP contribution in [0.3, 0.4) is 0 Å². The fourth-order valence-electron chi connectivity index (χ4n) is 2.45. The van der Waals surface area contributed by atoms with Crippen molar-refractivity contribution in [2.24, 2.45) is 5.92 Å². The smallest absolute Gasteiger partial charge is 0.321 e. The molecule has 1 saturated carbocycles. The number of carbonyl (C=O) groups is 3. The Morgan fingerprint density at radius 3 is 2.41 bits per heavy atom. The van der Waals surface area contributed by atoms with E-state index < -0.39 is 23.9 Å². The number of carbonyl (C=O) groups excluding carboxylic acids is 2. The van der Waals surface area contributed by atoms with Crippen LogP contribution in [0.2, 0.25) is 0 Å². The van der Waals surface area contributed by atoms with Gasteiger partial charge >= 0.3 is 12.0 Å². The first-order valence-electron chi connectivity index (χ1n) is 7.34. The molecule has 128 valence electrons. The summed E-state index contributed by atoms with van der Waals surface area (Å²) in [5.41, 5.74) is 0. The highest BCUT2D eigenvalue weighted by atomic mass is 35.5. The number of hydrogen-bond donors (Lipinski definition) is 3. The number of hydrogen-bond acceptors (Lipinski definition) is 4. The molecule has 0 aromatic heterocycles. The molecular weight excluding hydrogens is 310 g/mol. The van der Waals surface area contributed by atoms with Crippen LogP contribution < -0.4 is 10.6 Å². The number of rotatable bonds is 5. The molecule has 22 heavy (non-hydrogen) atoms. The second-order valence-electron chi connectivity index (χ2n) is 5.82. The Balaban J connectivity index is 0.00000441. The lowest BCUT2D eigenvalue weighted by Gasteiger charge is -2.29. The molecule has 0 spiro atoms. The Hall–Kier alpha value is -1.34. The van der Waals surface area contributed by atoms with Crippen molar-refractivity contribution in [3.8, 4) is 0 Å². The quantitative estimate of drug-likeness (QED) is 0.701. The highest BCUT2D eigenvalue weighted by Crippen LogP contribution is 2.23. The van der Waals surface area contributed by atoms with E-state index in [0.29, 0.717) is 5.92 Å². The number of carboxylic acid groups (broad SMARTS) is 1. The maximum atomic E-state index is 11.8. The summed E-state index contributed by atoms with van der Waals surface area (Å²) in [5.74, 6) is -1.10. The monoisotopic (exact) mass is 335 g/mol. The lowest BCUT2D eigenvalue weighted by molar-refractivity contribution is -0.142. The van der Waals surface area contributed by atoms with Crippen molar-refractivity contribution in [1.29, 1.82) is 0 Å². The van der Waals surface area contributed by atoms with E-state index in [1.807, 2.05) is 0 Å². The number of aliphatic carboxylic acids is 1. The Kier molecular flexibility index (Phi) is 9.04. The minimum Gasteiger partial charge on any atom is -0.480 e. The van der Waals surface area contributed by atoms with E-state index in [0.717, 1.165) is 19.3 Å². The van der Waals surface area contributed by atoms with E-state index in [1.165, 1.54) is 25.3 Å². The van der Waals surface area contributed by atoms with Gasteiger partial charge in [0.2, 0.25) is 5.91 Å². The number of halogens is 1. The SMILES string of the molecule is CC1CCCCC1NC(=O)NC(=O)CN(C)C(C)C(=O)O.Cl. The standard InChI is InChI=1S/C14H25N3O4.ClH/c1-9-6-4-5-7-11(9)15-14(21)16-12(18)8-17(3)10(2)13(19)20;/h9-11H,4-8H2,1-3H3,(H,19,20)(H2,15,16,18,21);1H. The first-order valence-corrected chi connectivity index (χ1v) is 7.34. The molecule has 3 amide bonds. The summed E-state index contributed by atoms with van der Waals surface area (Å²) in [4.78, 5) is 35.6. The van der Waals surface area contributed by atoms with Gasteiger partial charge in [0, 0.05) is 6.04 Å². The van der Waals surface area contributed by atoms with Gasteiger partial charge in [-0.25, -0.2) is 4.79 Å². The van der Waals surface area contributed by atoms with E-state index in [-0.39, 0.29) is 25.0 Å². The van der Waals surface area contributed by atoms with E-state index in [9.17, 15) is 14.4 Å². The number of amides is 3. The lowest BCUT2D eigenvalue weighted by Crippen LogP contribution is -2.50. The lowest BCUT2D eigenvalue weighted by atomic mass is 9.86. The van der Waals surface area contributed by atoms with Crippen LogP contribution in [0.4, 0.5) is 4.79 Å². The third-order valence-corrected chi connectivity index (χ3v) is 4.09. The number of nitrogens with zero attached hydrogens (tertiary/aromatic N) is 1. The van der Waals surface area contributed by atoms with Crippen LogP contribution in [0.25, 0.3) is 0 Å². The Morgan fingerprint density at radius 2 is 1.86 bits per heavy atom. The van der Waals surface area contributed by atoms with Gasteiger partial charge in [-0.1, -0.05) is 19.8 Å². The molecule has 0 bridgehead atoms. The van der Waals surface area contributed by atoms with Gasteiger partial charge in [0.15, 0.2) is 0 Å². The molecule has 1 aliphatic carbocycles. The van der Waals surface area contributed by atoms with Crippen molar-refractivity contribution in [3.63, 3.8) is 0 Å². The van der Waals surface area contributed by atoms with Crippen molar-refractivity contribution in [2.45, 2.75) is 51.6 Å². The zero-order valence-electron chi connectivity index (χ0n) is 13.3. The maximum absolute atomic E-state index is 11.8. The largest absolute Gasteiger partial charge is 0.480 e. The second kappa shape index (κ2) is 9.63. The molecule has 3 N–H and O–H groups in total. The van der Waals surface area contributed by atoms with Gasteiger partial charge in [-0.2, -0.15) is 0 Å². The van der Waals surface area contributed by atoms with Crippen LogP contribution >= 0.6 is 12.4 Å². The van der Waals surface area contributed by atoms with Crippen LogP contribution in [0.15, 0.2) is 0 Å². The zero-order chi connectivity index (χ0) is 16.0. The van der Waals surface area contributed by atoms with Gasteiger partial charge in [-0.3, -0.25) is 19.8 Å². The Bertz CT molecular complexity index is 406. The summed E-state index contributed by atoms with van der Waals surface area (Å²) in [6.07, 6.45) is 4.27. The Labute approximate surface area is 137 Å². The van der Waals surface area contributed by atoms with Gasteiger partial charge in [-0.05, 0) is 32.7 Å². The van der Waals surface area contributed by atoms with Crippen molar-refractivity contribution in [3.05, 3.63) is 0 Å². The summed E-state index contributed by atoms with van der Waals surface area (Å²) >= 11 is 0. The summed E-state index contributed by atoms with van der Waals surface area (Å²) in [7, 11) is 1.53. The van der Waals surface area contributed by atoms with Gasteiger partial charge in [-0.15, -0.1) is 12.4 Å². The number of carboxylic acids is 1. The fourth-order valence-corrected chi connectivity index (χ4v) is 2.45. The summed E-state index contributed by atoms with van der Waals surface area (Å²) in [5, 5.41) is 13.9. The van der Waals surface area contributed by atoms with E-state index in [1.54, 1.807) is 0 Å². The average Bonchev–Trinajstić information content (AvgIpc) is 2.39. The molecule has 1 rings (SSSR count). The summed E-state index contributed by atoms with van der Waals surface area (Å²) in [6, 6.07) is -1.19. The molecule has 0 heterocycles. The van der Waals surface area contributed by atoms with E-state index in [2.05, 4.69) is 17.6 Å². The van der Waals surface area contributed by atoms with Crippen LogP contribution in [0, 0.1) is 5.92 Å². The molecule has 3 unspecified atom stereocenters. The second-order valence-corrected chi connectivity index (χ2v) is 5.82. The molecule has 3 atom stereocenters. The highest BCUT2D eigenvalue weighted by molar-refractivity contribution is 5.95.